The largest absolute Gasteiger partial charge is 0.481 e. The first-order valence-electron chi connectivity index (χ1n) is 17.1. The molecule has 2 unspecified atom stereocenters. The van der Waals surface area contributed by atoms with Crippen LogP contribution in [-0.4, -0.2) is 31.7 Å². The van der Waals surface area contributed by atoms with Gasteiger partial charge in [-0.1, -0.05) is 78.0 Å². The summed E-state index contributed by atoms with van der Waals surface area (Å²) in [7, 11) is 0. The number of aromatic nitrogens is 4. The van der Waals surface area contributed by atoms with Crippen LogP contribution in [0.3, 0.4) is 0 Å². The maximum Gasteiger partial charge on any atom is 0.309 e. The van der Waals surface area contributed by atoms with E-state index in [-0.39, 0.29) is 33.0 Å². The number of tetrazole rings is 1. The van der Waals surface area contributed by atoms with Crippen LogP contribution in [0.25, 0.3) is 17.0 Å². The molecular formula is C38H52N4O2. The summed E-state index contributed by atoms with van der Waals surface area (Å²) in [6, 6.07) is 8.67. The highest BCUT2D eigenvalue weighted by atomic mass is 16.4. The highest BCUT2D eigenvalue weighted by Gasteiger charge is 2.73. The Morgan fingerprint density at radius 1 is 0.932 bits per heavy atom. The summed E-state index contributed by atoms with van der Waals surface area (Å²) in [5.74, 6) is 1.68. The molecule has 236 valence electrons. The summed E-state index contributed by atoms with van der Waals surface area (Å²) in [4.78, 5) is 13.0. The molecule has 4 fully saturated rings. The van der Waals surface area contributed by atoms with Crippen molar-refractivity contribution in [3.05, 3.63) is 48.1 Å². The van der Waals surface area contributed by atoms with E-state index >= 15 is 0 Å². The van der Waals surface area contributed by atoms with Crippen molar-refractivity contribution >= 4 is 11.5 Å². The average Bonchev–Trinajstić information content (AvgIpc) is 3.65. The van der Waals surface area contributed by atoms with Gasteiger partial charge in [0.05, 0.1) is 5.41 Å². The van der Waals surface area contributed by atoms with Gasteiger partial charge in [-0.25, -0.2) is 0 Å². The molecule has 9 atom stereocenters. The van der Waals surface area contributed by atoms with Gasteiger partial charge in [0.2, 0.25) is 5.82 Å². The number of carboxylic acids is 1. The van der Waals surface area contributed by atoms with Crippen molar-refractivity contribution in [1.82, 2.24) is 20.6 Å². The molecule has 1 aromatic heterocycles. The average molecular weight is 597 g/mol. The zero-order valence-corrected chi connectivity index (χ0v) is 28.0. The molecule has 5 aliphatic rings. The van der Waals surface area contributed by atoms with Gasteiger partial charge in [-0.2, -0.15) is 5.21 Å². The third-order valence-corrected chi connectivity index (χ3v) is 15.9. The second kappa shape index (κ2) is 9.39. The summed E-state index contributed by atoms with van der Waals surface area (Å²) >= 11 is 0. The summed E-state index contributed by atoms with van der Waals surface area (Å²) < 4.78 is 0. The summed E-state index contributed by atoms with van der Waals surface area (Å²) in [6.45, 7) is 22.0. The van der Waals surface area contributed by atoms with E-state index in [1.807, 2.05) is 0 Å². The Kier molecular flexibility index (Phi) is 6.38. The topological polar surface area (TPSA) is 91.8 Å². The number of H-pyrrole nitrogens is 1. The number of carbonyl (C=O) groups is 1. The Morgan fingerprint density at radius 2 is 1.66 bits per heavy atom. The van der Waals surface area contributed by atoms with Gasteiger partial charge in [-0.05, 0) is 138 Å². The summed E-state index contributed by atoms with van der Waals surface area (Å²) in [6.07, 6.45) is 12.1. The molecule has 6 heteroatoms. The number of nitrogens with zero attached hydrogens (tertiary/aromatic N) is 3. The van der Waals surface area contributed by atoms with Crippen LogP contribution < -0.4 is 0 Å². The number of aliphatic carboxylic acids is 1. The number of fused-ring (bicyclic) bond motifs is 7. The van der Waals surface area contributed by atoms with Crippen molar-refractivity contribution in [2.24, 2.45) is 56.2 Å². The molecule has 0 radical (unpaired) electrons. The third-order valence-electron chi connectivity index (χ3n) is 15.9. The van der Waals surface area contributed by atoms with Gasteiger partial charge >= 0.3 is 5.97 Å². The standard InChI is InChI=1S/C38H52N4O2/c1-23(2)26-14-17-38(32(43)44)21-19-34(5)28(30(26)38)12-13-29-35(34,6)18-20-37(8)33(3,4)27(15-16-36(29,37)7)24-10-9-11-25(22-24)31-39-41-42-40-31/h9-11,15,22,26,28-30H,1,12-14,16-21H2,2-8H3,(H,43,44)(H,39,40,41,42)/t26-,28+,29?,30?,34+,35+,36+,37-,38-/m0/s1. The van der Waals surface area contributed by atoms with Gasteiger partial charge in [-0.15, -0.1) is 10.2 Å². The van der Waals surface area contributed by atoms with Crippen LogP contribution in [-0.2, 0) is 4.79 Å². The van der Waals surface area contributed by atoms with Crippen molar-refractivity contribution in [3.8, 4) is 11.4 Å². The molecule has 4 saturated carbocycles. The summed E-state index contributed by atoms with van der Waals surface area (Å²) in [5, 5.41) is 25.5. The number of benzene rings is 1. The lowest BCUT2D eigenvalue weighted by atomic mass is 9.29. The minimum absolute atomic E-state index is 0.0313. The number of aromatic amines is 1. The molecule has 2 aromatic rings. The predicted molar refractivity (Wildman–Crippen MR) is 174 cm³/mol. The molecule has 0 bridgehead atoms. The SMILES string of the molecule is C=C(C)[C@@H]1CC[C@]2(C(=O)O)CC[C@]3(C)[C@H](CCC4[C@@]5(C)CC=C(c6cccc(-c7nn[nH]n7)c6)C(C)(C)[C@]5(C)CC[C@]43C)C12. The molecule has 1 heterocycles. The van der Waals surface area contributed by atoms with E-state index in [2.05, 4.69) is 106 Å². The van der Waals surface area contributed by atoms with E-state index in [0.717, 1.165) is 44.1 Å². The monoisotopic (exact) mass is 596 g/mol. The molecule has 6 nitrogen and oxygen atoms in total. The van der Waals surface area contributed by atoms with Crippen LogP contribution in [0.5, 0.6) is 0 Å². The van der Waals surface area contributed by atoms with Crippen LogP contribution in [0.4, 0.5) is 0 Å². The van der Waals surface area contributed by atoms with Crippen molar-refractivity contribution in [3.63, 3.8) is 0 Å². The first-order chi connectivity index (χ1) is 20.7. The summed E-state index contributed by atoms with van der Waals surface area (Å²) in [5.41, 5.74) is 4.87. The Balaban J connectivity index is 1.28. The molecule has 1 aromatic carbocycles. The number of rotatable bonds is 4. The normalized spacial score (nSPS) is 44.0. The number of allylic oxidation sites excluding steroid dienone is 3. The van der Waals surface area contributed by atoms with E-state index in [9.17, 15) is 9.90 Å². The van der Waals surface area contributed by atoms with Crippen molar-refractivity contribution < 1.29 is 9.90 Å². The van der Waals surface area contributed by atoms with E-state index in [1.54, 1.807) is 0 Å². The van der Waals surface area contributed by atoms with E-state index in [0.29, 0.717) is 23.6 Å². The van der Waals surface area contributed by atoms with Crippen LogP contribution in [0.1, 0.15) is 112 Å². The second-order valence-corrected chi connectivity index (χ2v) is 17.1. The fourth-order valence-electron chi connectivity index (χ4n) is 12.9. The zero-order valence-electron chi connectivity index (χ0n) is 28.0. The minimum Gasteiger partial charge on any atom is -0.481 e. The fourth-order valence-corrected chi connectivity index (χ4v) is 12.9. The maximum absolute atomic E-state index is 13.0. The second-order valence-electron chi connectivity index (χ2n) is 17.1. The Labute approximate surface area is 263 Å². The number of carboxylic acid groups (broad SMARTS) is 1. The molecule has 2 N–H and O–H groups in total. The third kappa shape index (κ3) is 3.49. The molecule has 5 aliphatic carbocycles. The smallest absolute Gasteiger partial charge is 0.309 e. The molecular weight excluding hydrogens is 544 g/mol. The van der Waals surface area contributed by atoms with Gasteiger partial charge in [0.25, 0.3) is 0 Å². The lowest BCUT2D eigenvalue weighted by Crippen LogP contribution is -2.68. The predicted octanol–water partition coefficient (Wildman–Crippen LogP) is 8.99. The molecule has 0 amide bonds. The molecule has 0 spiro atoms. The first-order valence-corrected chi connectivity index (χ1v) is 17.1. The van der Waals surface area contributed by atoms with Gasteiger partial charge in [0, 0.05) is 5.56 Å². The van der Waals surface area contributed by atoms with Crippen LogP contribution in [0, 0.1) is 56.2 Å². The fraction of sp³-hybridized carbons (Fsp3) is 0.684. The Morgan fingerprint density at radius 3 is 2.34 bits per heavy atom. The molecule has 44 heavy (non-hydrogen) atoms. The number of hydrogen-bond donors (Lipinski definition) is 2. The van der Waals surface area contributed by atoms with Crippen molar-refractivity contribution in [2.45, 2.75) is 106 Å². The van der Waals surface area contributed by atoms with Crippen LogP contribution in [0.2, 0.25) is 0 Å². The highest BCUT2D eigenvalue weighted by Crippen LogP contribution is 2.80. The zero-order chi connectivity index (χ0) is 31.5. The van der Waals surface area contributed by atoms with Gasteiger partial charge in [0.1, 0.15) is 0 Å². The minimum atomic E-state index is -0.565. The van der Waals surface area contributed by atoms with E-state index in [4.69, 9.17) is 0 Å². The maximum atomic E-state index is 13.0. The first kappa shape index (κ1) is 29.9. The lowest BCUT2D eigenvalue weighted by Gasteiger charge is -2.75. The Bertz CT molecular complexity index is 1540. The molecule has 7 rings (SSSR count). The van der Waals surface area contributed by atoms with Crippen molar-refractivity contribution in [2.75, 3.05) is 0 Å². The molecule has 0 saturated heterocycles. The number of nitrogens with one attached hydrogen (secondary N) is 1. The van der Waals surface area contributed by atoms with E-state index in [1.165, 1.54) is 36.0 Å². The van der Waals surface area contributed by atoms with Gasteiger partial charge in [0.15, 0.2) is 0 Å². The van der Waals surface area contributed by atoms with E-state index < -0.39 is 11.4 Å². The Hall–Kier alpha value is -2.76. The van der Waals surface area contributed by atoms with Gasteiger partial charge < -0.3 is 5.11 Å². The highest BCUT2D eigenvalue weighted by molar-refractivity contribution is 5.77. The molecule has 0 aliphatic heterocycles. The van der Waals surface area contributed by atoms with Gasteiger partial charge in [-0.3, -0.25) is 4.79 Å². The number of hydrogen-bond acceptors (Lipinski definition) is 4. The van der Waals surface area contributed by atoms with Crippen LogP contribution >= 0.6 is 0 Å². The van der Waals surface area contributed by atoms with Crippen molar-refractivity contribution in [1.29, 1.82) is 0 Å². The quantitative estimate of drug-likeness (QED) is 0.344. The van der Waals surface area contributed by atoms with Crippen LogP contribution in [0.15, 0.2) is 42.5 Å². The lowest BCUT2D eigenvalue weighted by molar-refractivity contribution is -0.249.